The maximum Gasteiger partial charge on any atom is 0.254 e. The van der Waals surface area contributed by atoms with Crippen molar-refractivity contribution in [3.8, 4) is 0 Å². The quantitative estimate of drug-likeness (QED) is 0.728. The van der Waals surface area contributed by atoms with Gasteiger partial charge in [-0.25, -0.2) is 0 Å². The minimum atomic E-state index is -0.0172. The van der Waals surface area contributed by atoms with Crippen molar-refractivity contribution in [3.63, 3.8) is 0 Å². The van der Waals surface area contributed by atoms with Gasteiger partial charge in [0.1, 0.15) is 0 Å². The summed E-state index contributed by atoms with van der Waals surface area (Å²) in [5.41, 5.74) is 1.51. The van der Waals surface area contributed by atoms with E-state index >= 15 is 0 Å². The van der Waals surface area contributed by atoms with Crippen molar-refractivity contribution in [2.24, 2.45) is 0 Å². The first kappa shape index (κ1) is 14.8. The lowest BCUT2D eigenvalue weighted by molar-refractivity contribution is 0.0714. The first-order valence-electron chi connectivity index (χ1n) is 6.75. The second kappa shape index (κ2) is 5.93. The molecule has 0 radical (unpaired) electrons. The zero-order chi connectivity index (χ0) is 15.0. The number of hydrogen-bond acceptors (Lipinski definition) is 3. The number of likely N-dealkylation sites (tertiary alicyclic amines) is 1. The number of rotatable bonds is 2. The summed E-state index contributed by atoms with van der Waals surface area (Å²) < 4.78 is 7.11. The Balaban J connectivity index is 1.89. The molecule has 0 spiro atoms. The van der Waals surface area contributed by atoms with Crippen LogP contribution in [0.2, 0.25) is 0 Å². The Bertz CT molecular complexity index is 664. The van der Waals surface area contributed by atoms with E-state index in [1.807, 2.05) is 36.1 Å². The van der Waals surface area contributed by atoms with Crippen LogP contribution in [0.4, 0.5) is 0 Å². The Hall–Kier alpha value is -1.14. The van der Waals surface area contributed by atoms with E-state index in [0.29, 0.717) is 5.56 Å². The summed E-state index contributed by atoms with van der Waals surface area (Å²) in [7, 11) is 0. The van der Waals surface area contributed by atoms with Crippen LogP contribution in [-0.4, -0.2) is 22.5 Å². The summed E-state index contributed by atoms with van der Waals surface area (Å²) in [6.45, 7) is 2.63. The van der Waals surface area contributed by atoms with Gasteiger partial charge in [0.15, 0.2) is 5.76 Å². The van der Waals surface area contributed by atoms with Gasteiger partial charge < -0.3 is 9.42 Å². The van der Waals surface area contributed by atoms with Gasteiger partial charge in [0.25, 0.3) is 5.91 Å². The maximum absolute atomic E-state index is 12.8. The molecule has 6 heteroatoms. The fraction of sp³-hybridized carbons (Fsp3) is 0.333. The molecule has 1 aliphatic rings. The van der Waals surface area contributed by atoms with Crippen LogP contribution in [-0.2, 0) is 0 Å². The summed E-state index contributed by atoms with van der Waals surface area (Å²) in [5, 5.41) is 3.93. The van der Waals surface area contributed by atoms with Gasteiger partial charge in [-0.15, -0.1) is 0 Å². The highest BCUT2D eigenvalue weighted by Gasteiger charge is 2.33. The van der Waals surface area contributed by atoms with Crippen LogP contribution in [0, 0.1) is 6.92 Å². The molecule has 2 aromatic rings. The molecule has 2 heterocycles. The second-order valence-corrected chi connectivity index (χ2v) is 7.02. The van der Waals surface area contributed by atoms with Crippen molar-refractivity contribution in [3.05, 3.63) is 50.2 Å². The number of carbonyl (C=O) groups is 1. The molecule has 1 fully saturated rings. The summed E-state index contributed by atoms with van der Waals surface area (Å²) >= 11 is 6.85. The van der Waals surface area contributed by atoms with Crippen LogP contribution >= 0.6 is 31.9 Å². The molecular weight excluding hydrogens is 400 g/mol. The number of amides is 1. The van der Waals surface area contributed by atoms with E-state index in [4.69, 9.17) is 4.52 Å². The van der Waals surface area contributed by atoms with Gasteiger partial charge in [0.2, 0.25) is 0 Å². The highest BCUT2D eigenvalue weighted by atomic mass is 79.9. The largest absolute Gasteiger partial charge is 0.359 e. The zero-order valence-electron chi connectivity index (χ0n) is 11.5. The molecule has 1 aliphatic heterocycles. The maximum atomic E-state index is 12.8. The Morgan fingerprint density at radius 1 is 1.29 bits per heavy atom. The molecule has 1 amide bonds. The van der Waals surface area contributed by atoms with E-state index in [-0.39, 0.29) is 11.9 Å². The van der Waals surface area contributed by atoms with Gasteiger partial charge in [-0.05, 0) is 38.0 Å². The molecule has 0 aliphatic carbocycles. The highest BCUT2D eigenvalue weighted by molar-refractivity contribution is 9.11. The summed E-state index contributed by atoms with van der Waals surface area (Å²) in [6, 6.07) is 7.49. The molecule has 21 heavy (non-hydrogen) atoms. The molecule has 0 N–H and O–H groups in total. The third kappa shape index (κ3) is 3.06. The molecule has 1 saturated heterocycles. The minimum Gasteiger partial charge on any atom is -0.359 e. The van der Waals surface area contributed by atoms with E-state index < -0.39 is 0 Å². The number of halogens is 2. The van der Waals surface area contributed by atoms with Gasteiger partial charge in [-0.2, -0.15) is 0 Å². The van der Waals surface area contributed by atoms with Crippen LogP contribution in [0.25, 0.3) is 0 Å². The van der Waals surface area contributed by atoms with Crippen LogP contribution in [0.5, 0.6) is 0 Å². The lowest BCUT2D eigenvalue weighted by atomic mass is 10.1. The predicted octanol–water partition coefficient (Wildman–Crippen LogP) is 4.49. The molecular formula is C15H14Br2N2O2. The zero-order valence-corrected chi connectivity index (χ0v) is 14.6. The summed E-state index contributed by atoms with van der Waals surface area (Å²) in [5.74, 6) is 0.793. The SMILES string of the molecule is Cc1cc(C2CCCN2C(=O)c2cc(Br)cc(Br)c2)on1. The van der Waals surface area contributed by atoms with E-state index in [9.17, 15) is 4.79 Å². The van der Waals surface area contributed by atoms with Crippen molar-refractivity contribution in [2.45, 2.75) is 25.8 Å². The molecule has 0 saturated carbocycles. The van der Waals surface area contributed by atoms with Gasteiger partial charge in [-0.1, -0.05) is 37.0 Å². The number of benzene rings is 1. The van der Waals surface area contributed by atoms with Crippen molar-refractivity contribution in [2.75, 3.05) is 6.54 Å². The van der Waals surface area contributed by atoms with E-state index in [0.717, 1.165) is 39.8 Å². The lowest BCUT2D eigenvalue weighted by Gasteiger charge is -2.23. The predicted molar refractivity (Wildman–Crippen MR) is 86.1 cm³/mol. The third-order valence-corrected chi connectivity index (χ3v) is 4.51. The standard InChI is InChI=1S/C15H14Br2N2O2/c1-9-5-14(21-18-9)13-3-2-4-19(13)15(20)10-6-11(16)8-12(17)7-10/h5-8,13H,2-4H2,1H3. The van der Waals surface area contributed by atoms with E-state index in [2.05, 4.69) is 37.0 Å². The summed E-state index contributed by atoms with van der Waals surface area (Å²) in [6.07, 6.45) is 1.89. The number of nitrogens with zero attached hydrogens (tertiary/aromatic N) is 2. The fourth-order valence-corrected chi connectivity index (χ4v) is 3.98. The summed E-state index contributed by atoms with van der Waals surface area (Å²) in [4.78, 5) is 14.6. The topological polar surface area (TPSA) is 46.3 Å². The van der Waals surface area contributed by atoms with Crippen molar-refractivity contribution >= 4 is 37.8 Å². The minimum absolute atomic E-state index is 0.0172. The number of hydrogen-bond donors (Lipinski definition) is 0. The molecule has 1 aromatic heterocycles. The van der Waals surface area contributed by atoms with Crippen LogP contribution in [0.1, 0.15) is 40.7 Å². The van der Waals surface area contributed by atoms with Gasteiger partial charge in [0.05, 0.1) is 11.7 Å². The highest BCUT2D eigenvalue weighted by Crippen LogP contribution is 2.34. The number of aromatic nitrogens is 1. The van der Waals surface area contributed by atoms with Crippen molar-refractivity contribution < 1.29 is 9.32 Å². The first-order chi connectivity index (χ1) is 10.0. The number of carbonyl (C=O) groups excluding carboxylic acids is 1. The molecule has 3 rings (SSSR count). The van der Waals surface area contributed by atoms with E-state index in [1.165, 1.54) is 0 Å². The first-order valence-corrected chi connectivity index (χ1v) is 8.33. The molecule has 1 aromatic carbocycles. The normalized spacial score (nSPS) is 18.2. The monoisotopic (exact) mass is 412 g/mol. The number of aryl methyl sites for hydroxylation is 1. The van der Waals surface area contributed by atoms with Gasteiger partial charge in [0, 0.05) is 27.1 Å². The molecule has 1 unspecified atom stereocenters. The molecule has 0 bridgehead atoms. The Labute approximate surface area is 139 Å². The van der Waals surface area contributed by atoms with E-state index in [1.54, 1.807) is 0 Å². The van der Waals surface area contributed by atoms with Gasteiger partial charge >= 0.3 is 0 Å². The Kier molecular flexibility index (Phi) is 4.17. The lowest BCUT2D eigenvalue weighted by Crippen LogP contribution is -2.30. The van der Waals surface area contributed by atoms with Crippen molar-refractivity contribution in [1.82, 2.24) is 10.1 Å². The fourth-order valence-electron chi connectivity index (χ4n) is 2.69. The molecule has 110 valence electrons. The second-order valence-electron chi connectivity index (χ2n) is 5.19. The van der Waals surface area contributed by atoms with Crippen LogP contribution in [0.3, 0.4) is 0 Å². The van der Waals surface area contributed by atoms with Gasteiger partial charge in [-0.3, -0.25) is 4.79 Å². The smallest absolute Gasteiger partial charge is 0.254 e. The average molecular weight is 414 g/mol. The third-order valence-electron chi connectivity index (χ3n) is 3.60. The van der Waals surface area contributed by atoms with Crippen LogP contribution < -0.4 is 0 Å². The average Bonchev–Trinajstić information content (AvgIpc) is 3.04. The molecule has 4 nitrogen and oxygen atoms in total. The Morgan fingerprint density at radius 3 is 2.62 bits per heavy atom. The van der Waals surface area contributed by atoms with Crippen molar-refractivity contribution in [1.29, 1.82) is 0 Å². The Morgan fingerprint density at radius 2 is 2.00 bits per heavy atom. The molecule has 1 atom stereocenters. The van der Waals surface area contributed by atoms with Crippen LogP contribution in [0.15, 0.2) is 37.7 Å².